The summed E-state index contributed by atoms with van der Waals surface area (Å²) in [6, 6.07) is 14.0. The Balaban J connectivity index is 1.28. The van der Waals surface area contributed by atoms with E-state index in [0.717, 1.165) is 37.7 Å². The molecule has 1 fully saturated rings. The van der Waals surface area contributed by atoms with Crippen LogP contribution in [0.2, 0.25) is 0 Å². The second-order valence-electron chi connectivity index (χ2n) is 23.0. The number of unbranched alkanes of at least 4 members (excludes halogenated alkanes) is 6. The minimum atomic E-state index is -4.45. The number of hydrogen-bond donors (Lipinski definition) is 13. The first-order chi connectivity index (χ1) is 44.6. The molecule has 4 atom stereocenters. The molecule has 28 nitrogen and oxygen atoms in total. The number of nitrogens with zero attached hydrogens (tertiary/aromatic N) is 4. The number of pyridine rings is 1. The van der Waals surface area contributed by atoms with Crippen LogP contribution in [0.3, 0.4) is 0 Å². The smallest absolute Gasteiger partial charge is 0.295 e. The van der Waals surface area contributed by atoms with Gasteiger partial charge in [0.2, 0.25) is 47.3 Å². The van der Waals surface area contributed by atoms with Crippen molar-refractivity contribution in [2.24, 2.45) is 33.2 Å². The fourth-order valence-corrected chi connectivity index (χ4v) is 10.7. The van der Waals surface area contributed by atoms with Gasteiger partial charge in [-0.25, -0.2) is 4.98 Å². The van der Waals surface area contributed by atoms with Crippen LogP contribution in [-0.4, -0.2) is 158 Å². The summed E-state index contributed by atoms with van der Waals surface area (Å²) in [4.78, 5) is 130. The molecule has 510 valence electrons. The largest absolute Gasteiger partial charge is 0.370 e. The first-order valence-electron chi connectivity index (χ1n) is 32.0. The Hall–Kier alpha value is -8.83. The van der Waals surface area contributed by atoms with Crippen LogP contribution < -0.4 is 65.2 Å². The van der Waals surface area contributed by atoms with E-state index in [1.54, 1.807) is 6.07 Å². The lowest BCUT2D eigenvalue weighted by atomic mass is 10.0. The van der Waals surface area contributed by atoms with E-state index in [2.05, 4.69) is 63.0 Å². The highest BCUT2D eigenvalue weighted by Gasteiger charge is 2.36. The first kappa shape index (κ1) is 76.6. The molecular formula is C64H96N16O12S. The molecule has 2 aromatic carbocycles. The molecule has 0 radical (unpaired) electrons. The zero-order valence-corrected chi connectivity index (χ0v) is 54.5. The number of aliphatic imine (C=N–C) groups is 1. The van der Waals surface area contributed by atoms with Crippen LogP contribution in [0.5, 0.6) is 0 Å². The van der Waals surface area contributed by atoms with E-state index in [4.69, 9.17) is 17.2 Å². The number of hydrazone groups is 1. The molecule has 0 spiro atoms. The number of likely N-dealkylation sites (tertiary alicyclic amines) is 1. The van der Waals surface area contributed by atoms with Crippen molar-refractivity contribution in [2.75, 3.05) is 51.2 Å². The second kappa shape index (κ2) is 42.3. The van der Waals surface area contributed by atoms with Crippen molar-refractivity contribution in [2.45, 2.75) is 172 Å². The molecule has 16 N–H and O–H groups in total. The lowest BCUT2D eigenvalue weighted by Gasteiger charge is -2.27. The van der Waals surface area contributed by atoms with E-state index >= 15 is 0 Å². The number of aryl methyl sites for hydroxylation is 1. The van der Waals surface area contributed by atoms with Crippen molar-refractivity contribution < 1.29 is 56.1 Å². The molecule has 1 aliphatic heterocycles. The molecule has 9 amide bonds. The van der Waals surface area contributed by atoms with Crippen LogP contribution in [0.25, 0.3) is 0 Å². The van der Waals surface area contributed by atoms with Gasteiger partial charge in [-0.1, -0.05) is 94.6 Å². The van der Waals surface area contributed by atoms with Gasteiger partial charge in [0.1, 0.15) is 34.9 Å². The Morgan fingerprint density at radius 3 is 2.11 bits per heavy atom. The summed E-state index contributed by atoms with van der Waals surface area (Å²) in [6.07, 6.45) is 13.8. The van der Waals surface area contributed by atoms with Gasteiger partial charge >= 0.3 is 0 Å². The molecule has 0 saturated carbocycles. The van der Waals surface area contributed by atoms with Gasteiger partial charge in [-0.2, -0.15) is 13.5 Å². The van der Waals surface area contributed by atoms with Crippen LogP contribution in [0.15, 0.2) is 99.7 Å². The fraction of sp³-hybridized carbons (Fsp3) is 0.531. The number of carbonyl (C=O) groups excluding carboxylic acids is 9. The molecule has 29 heteroatoms. The van der Waals surface area contributed by atoms with Crippen LogP contribution >= 0.6 is 0 Å². The predicted octanol–water partition coefficient (Wildman–Crippen LogP) is 2.69. The highest BCUT2D eigenvalue weighted by atomic mass is 32.2. The number of anilines is 1. The predicted molar refractivity (Wildman–Crippen MR) is 354 cm³/mol. The number of rotatable bonds is 43. The normalized spacial score (nSPS) is 14.1. The fourth-order valence-electron chi connectivity index (χ4n) is 10.0. The van der Waals surface area contributed by atoms with Gasteiger partial charge in [0, 0.05) is 56.5 Å². The maximum atomic E-state index is 14.3. The van der Waals surface area contributed by atoms with Crippen molar-refractivity contribution in [1.29, 1.82) is 0 Å². The third-order valence-corrected chi connectivity index (χ3v) is 15.8. The lowest BCUT2D eigenvalue weighted by Crippen LogP contribution is -2.56. The summed E-state index contributed by atoms with van der Waals surface area (Å²) in [5.41, 5.74) is 21.2. The zero-order valence-electron chi connectivity index (χ0n) is 53.7. The number of guanidine groups is 1. The summed E-state index contributed by atoms with van der Waals surface area (Å²) in [5, 5.41) is 26.2. The molecule has 93 heavy (non-hydrogen) atoms. The van der Waals surface area contributed by atoms with Crippen molar-refractivity contribution >= 4 is 81.3 Å². The van der Waals surface area contributed by atoms with E-state index < -0.39 is 82.2 Å². The van der Waals surface area contributed by atoms with Gasteiger partial charge < -0.3 is 64.6 Å². The lowest BCUT2D eigenvalue weighted by molar-refractivity contribution is -0.139. The Kier molecular flexibility index (Phi) is 34.9. The Morgan fingerprint density at radius 2 is 1.42 bits per heavy atom. The van der Waals surface area contributed by atoms with Gasteiger partial charge in [-0.3, -0.25) is 58.1 Å². The molecule has 3 aromatic rings. The third kappa shape index (κ3) is 30.4. The van der Waals surface area contributed by atoms with Gasteiger partial charge in [0.25, 0.3) is 16.0 Å². The Bertz CT molecular complexity index is 3110. The van der Waals surface area contributed by atoms with Gasteiger partial charge in [0.05, 0.1) is 24.9 Å². The number of nitrogens with one attached hydrogen (secondary N) is 9. The van der Waals surface area contributed by atoms with Crippen molar-refractivity contribution in [3.63, 3.8) is 0 Å². The maximum Gasteiger partial charge on any atom is 0.295 e. The standard InChI is InChI=1S/C64H96N16O12S/c1-4-20-48(24-11-5-6-12-28-55(81)68-36-37-69-59(85)47-31-33-54(71-40-47)79-74-41-46-23-14-15-27-53(46)93(90,91)92)75-62(88)51(39-44(2)3)78-61(87)50(32-30-45-21-9-7-10-22-45)76-57(83)42-73-60(86)49(25-16-18-35-70-64(66)67)77-63(89)52-26-19-38-80(52)58(84)43-72-56(82)29-13-8-17-34-65/h7,9-10,14-15,21-24,27,31,33,40-41,44,49-52H,4-6,8,11-13,16-20,25-26,28-30,32,34-39,42-43,65H2,1-3H3,(H,68,81)(H,69,85)(H,71,79)(H,72,82)(H,73,86)(H,75,88)(H,76,83)(H,77,89)(H,78,87)(H4,66,67,70)(H,90,91,92)/b48-24-,74-41+/t49-,50-,51-,52-/m0/s1. The molecule has 0 unspecified atom stereocenters. The molecular weight excluding hydrogens is 1220 g/mol. The van der Waals surface area contributed by atoms with Gasteiger partial charge in [-0.15, -0.1) is 0 Å². The number of nitrogens with two attached hydrogens (primary N) is 3. The summed E-state index contributed by atoms with van der Waals surface area (Å²) >= 11 is 0. The second-order valence-corrected chi connectivity index (χ2v) is 24.4. The summed E-state index contributed by atoms with van der Waals surface area (Å²) in [5.74, 6) is -4.12. The number of benzene rings is 2. The molecule has 1 saturated heterocycles. The maximum absolute atomic E-state index is 14.3. The SMILES string of the molecule is CCC/C(=C/CCCCCC(=O)NCCNC(=O)c1ccc(N/N=C/c2ccccc2S(=O)(=O)O)nc1)NC(=O)[C@H](CC(C)C)NC(=O)[C@H](CCc1ccccc1)NC(=O)CNC(=O)[C@H](CCCCN=C(N)N)NC(=O)[C@@H]1CCCN1C(=O)CNC(=O)CCCCCN. The molecule has 4 rings (SSSR count). The third-order valence-electron chi connectivity index (χ3n) is 14.9. The molecule has 0 bridgehead atoms. The van der Waals surface area contributed by atoms with Crippen molar-refractivity contribution in [3.8, 4) is 0 Å². The quantitative estimate of drug-likeness (QED) is 0.0127. The first-order valence-corrected chi connectivity index (χ1v) is 33.4. The highest BCUT2D eigenvalue weighted by Crippen LogP contribution is 2.19. The molecule has 1 aromatic heterocycles. The average Bonchev–Trinajstić information content (AvgIpc) is 1.93. The van der Waals surface area contributed by atoms with E-state index in [0.29, 0.717) is 70.0 Å². The molecule has 0 aliphatic carbocycles. The number of carbonyl (C=O) groups is 9. The topological polar surface area (TPSA) is 435 Å². The monoisotopic (exact) mass is 1310 g/mol. The van der Waals surface area contributed by atoms with Gasteiger partial charge in [-0.05, 0) is 126 Å². The Labute approximate surface area is 545 Å². The van der Waals surface area contributed by atoms with E-state index in [9.17, 15) is 56.1 Å². The Morgan fingerprint density at radius 1 is 0.720 bits per heavy atom. The van der Waals surface area contributed by atoms with Crippen LogP contribution in [0.1, 0.15) is 158 Å². The number of allylic oxidation sites excluding steroid dienone is 2. The summed E-state index contributed by atoms with van der Waals surface area (Å²) in [6.45, 7) is 6.43. The summed E-state index contributed by atoms with van der Waals surface area (Å²) < 4.78 is 32.7. The zero-order chi connectivity index (χ0) is 68.0. The van der Waals surface area contributed by atoms with Gasteiger partial charge in [0.15, 0.2) is 5.96 Å². The van der Waals surface area contributed by atoms with Crippen LogP contribution in [-0.2, 0) is 54.9 Å². The number of amides is 9. The van der Waals surface area contributed by atoms with Crippen LogP contribution in [0, 0.1) is 5.92 Å². The van der Waals surface area contributed by atoms with E-state index in [1.165, 1.54) is 47.6 Å². The summed E-state index contributed by atoms with van der Waals surface area (Å²) in [7, 11) is -4.45. The average molecular weight is 1310 g/mol. The number of hydrogen-bond acceptors (Lipinski definition) is 16. The van der Waals surface area contributed by atoms with E-state index in [1.807, 2.05) is 57.2 Å². The van der Waals surface area contributed by atoms with Crippen molar-refractivity contribution in [3.05, 3.63) is 101 Å². The minimum Gasteiger partial charge on any atom is -0.370 e. The van der Waals surface area contributed by atoms with Crippen LogP contribution in [0.4, 0.5) is 5.82 Å². The highest BCUT2D eigenvalue weighted by molar-refractivity contribution is 7.86. The molecule has 2 heterocycles. The number of aromatic nitrogens is 1. The molecule has 1 aliphatic rings. The minimum absolute atomic E-state index is 0.0222. The van der Waals surface area contributed by atoms with Crippen molar-refractivity contribution in [1.82, 2.24) is 52.4 Å². The van der Waals surface area contributed by atoms with E-state index in [-0.39, 0.29) is 110 Å².